The van der Waals surface area contributed by atoms with Gasteiger partial charge in [0.05, 0.1) is 0 Å². The van der Waals surface area contributed by atoms with Crippen molar-refractivity contribution in [2.24, 2.45) is 0 Å². The van der Waals surface area contributed by atoms with Gasteiger partial charge < -0.3 is 10.0 Å². The number of rotatable bonds is 3. The van der Waals surface area contributed by atoms with Crippen molar-refractivity contribution in [3.05, 3.63) is 41.0 Å². The monoisotopic (exact) mass is 259 g/mol. The fourth-order valence-electron chi connectivity index (χ4n) is 2.35. The van der Waals surface area contributed by atoms with Gasteiger partial charge in [0.1, 0.15) is 5.75 Å². The van der Waals surface area contributed by atoms with Crippen molar-refractivity contribution < 1.29 is 9.90 Å². The summed E-state index contributed by atoms with van der Waals surface area (Å²) in [5.74, 6) is 0.455. The SMILES string of the molecule is CC1=C(C)CN(C(=O)CCc2ccccc2O)CC1. The number of para-hydroxylation sites is 1. The van der Waals surface area contributed by atoms with Crippen molar-refractivity contribution in [2.75, 3.05) is 13.1 Å². The summed E-state index contributed by atoms with van der Waals surface area (Å²) in [7, 11) is 0. The molecule has 0 bridgehead atoms. The highest BCUT2D eigenvalue weighted by atomic mass is 16.3. The molecule has 1 aliphatic heterocycles. The maximum absolute atomic E-state index is 12.2. The first-order valence-corrected chi connectivity index (χ1v) is 6.78. The van der Waals surface area contributed by atoms with E-state index in [0.717, 1.165) is 25.1 Å². The van der Waals surface area contributed by atoms with Crippen LogP contribution in [0.15, 0.2) is 35.4 Å². The minimum Gasteiger partial charge on any atom is -0.508 e. The lowest BCUT2D eigenvalue weighted by Gasteiger charge is -2.28. The van der Waals surface area contributed by atoms with Crippen molar-refractivity contribution in [3.63, 3.8) is 0 Å². The van der Waals surface area contributed by atoms with Gasteiger partial charge in [0.15, 0.2) is 0 Å². The molecule has 1 aromatic rings. The van der Waals surface area contributed by atoms with Crippen LogP contribution >= 0.6 is 0 Å². The Hall–Kier alpha value is -1.77. The average Bonchev–Trinajstić information content (AvgIpc) is 2.40. The van der Waals surface area contributed by atoms with Crippen molar-refractivity contribution in [2.45, 2.75) is 33.1 Å². The zero-order valence-corrected chi connectivity index (χ0v) is 11.6. The van der Waals surface area contributed by atoms with Crippen LogP contribution in [0, 0.1) is 0 Å². The second kappa shape index (κ2) is 5.91. The molecule has 1 aromatic carbocycles. The summed E-state index contributed by atoms with van der Waals surface area (Å²) in [6.45, 7) is 5.81. The van der Waals surface area contributed by atoms with Crippen LogP contribution in [0.5, 0.6) is 5.75 Å². The number of benzene rings is 1. The summed E-state index contributed by atoms with van der Waals surface area (Å²) in [4.78, 5) is 14.1. The van der Waals surface area contributed by atoms with Gasteiger partial charge in [-0.2, -0.15) is 0 Å². The van der Waals surface area contributed by atoms with E-state index in [4.69, 9.17) is 0 Å². The molecule has 0 radical (unpaired) electrons. The highest BCUT2D eigenvalue weighted by molar-refractivity contribution is 5.77. The van der Waals surface area contributed by atoms with Gasteiger partial charge in [0.25, 0.3) is 0 Å². The Bertz CT molecular complexity index is 505. The maximum Gasteiger partial charge on any atom is 0.223 e. The number of phenols is 1. The molecule has 0 aliphatic carbocycles. The lowest BCUT2D eigenvalue weighted by atomic mass is 10.0. The van der Waals surface area contributed by atoms with Gasteiger partial charge in [0.2, 0.25) is 5.91 Å². The van der Waals surface area contributed by atoms with Crippen molar-refractivity contribution >= 4 is 5.91 Å². The van der Waals surface area contributed by atoms with E-state index >= 15 is 0 Å². The molecule has 0 unspecified atom stereocenters. The van der Waals surface area contributed by atoms with E-state index in [0.29, 0.717) is 12.8 Å². The second-order valence-electron chi connectivity index (χ2n) is 5.25. The van der Waals surface area contributed by atoms with Crippen molar-refractivity contribution in [1.82, 2.24) is 4.90 Å². The van der Waals surface area contributed by atoms with E-state index in [-0.39, 0.29) is 11.7 Å². The largest absolute Gasteiger partial charge is 0.508 e. The molecule has 19 heavy (non-hydrogen) atoms. The van der Waals surface area contributed by atoms with Crippen LogP contribution in [0.2, 0.25) is 0 Å². The quantitative estimate of drug-likeness (QED) is 0.848. The summed E-state index contributed by atoms with van der Waals surface area (Å²) >= 11 is 0. The molecule has 0 saturated heterocycles. The molecule has 0 spiro atoms. The van der Waals surface area contributed by atoms with Crippen LogP contribution in [0.4, 0.5) is 0 Å². The lowest BCUT2D eigenvalue weighted by Crippen LogP contribution is -2.36. The summed E-state index contributed by atoms with van der Waals surface area (Å²) in [6, 6.07) is 7.21. The number of phenolic OH excluding ortho intramolecular Hbond substituents is 1. The molecule has 1 aliphatic rings. The molecule has 1 heterocycles. The Balaban J connectivity index is 1.91. The summed E-state index contributed by atoms with van der Waals surface area (Å²) in [6.07, 6.45) is 2.04. The number of aryl methyl sites for hydroxylation is 1. The van der Waals surface area contributed by atoms with Crippen LogP contribution in [0.3, 0.4) is 0 Å². The summed E-state index contributed by atoms with van der Waals surface area (Å²) in [5, 5.41) is 9.68. The first-order valence-electron chi connectivity index (χ1n) is 6.78. The molecule has 1 N–H and O–H groups in total. The Morgan fingerprint density at radius 2 is 2.00 bits per heavy atom. The fourth-order valence-corrected chi connectivity index (χ4v) is 2.35. The number of hydrogen-bond acceptors (Lipinski definition) is 2. The molecule has 0 atom stereocenters. The smallest absolute Gasteiger partial charge is 0.223 e. The zero-order chi connectivity index (χ0) is 13.8. The van der Waals surface area contributed by atoms with Crippen LogP contribution < -0.4 is 0 Å². The highest BCUT2D eigenvalue weighted by Crippen LogP contribution is 2.20. The minimum absolute atomic E-state index is 0.176. The second-order valence-corrected chi connectivity index (χ2v) is 5.25. The Kier molecular flexibility index (Phi) is 4.25. The molecular weight excluding hydrogens is 238 g/mol. The molecule has 3 heteroatoms. The van der Waals surface area contributed by atoms with Crippen LogP contribution in [-0.2, 0) is 11.2 Å². The number of amides is 1. The van der Waals surface area contributed by atoms with E-state index in [1.165, 1.54) is 11.1 Å². The van der Waals surface area contributed by atoms with E-state index in [1.807, 2.05) is 17.0 Å². The normalized spacial score (nSPS) is 15.8. The van der Waals surface area contributed by atoms with Gasteiger partial charge >= 0.3 is 0 Å². The van der Waals surface area contributed by atoms with Gasteiger partial charge in [-0.1, -0.05) is 29.3 Å². The van der Waals surface area contributed by atoms with Gasteiger partial charge in [-0.3, -0.25) is 4.79 Å². The van der Waals surface area contributed by atoms with Gasteiger partial charge in [-0.15, -0.1) is 0 Å². The van der Waals surface area contributed by atoms with E-state index in [1.54, 1.807) is 12.1 Å². The zero-order valence-electron chi connectivity index (χ0n) is 11.6. The molecule has 0 aromatic heterocycles. The van der Waals surface area contributed by atoms with E-state index in [9.17, 15) is 9.90 Å². The van der Waals surface area contributed by atoms with E-state index < -0.39 is 0 Å². The predicted octanol–water partition coefficient (Wildman–Crippen LogP) is 2.89. The predicted molar refractivity (Wildman–Crippen MR) is 76.0 cm³/mol. The van der Waals surface area contributed by atoms with Crippen molar-refractivity contribution in [3.8, 4) is 5.75 Å². The van der Waals surface area contributed by atoms with E-state index in [2.05, 4.69) is 13.8 Å². The van der Waals surface area contributed by atoms with Crippen LogP contribution in [-0.4, -0.2) is 29.0 Å². The third kappa shape index (κ3) is 3.37. The number of carbonyl (C=O) groups is 1. The van der Waals surface area contributed by atoms with Crippen LogP contribution in [0.25, 0.3) is 0 Å². The Labute approximate surface area is 114 Å². The third-order valence-corrected chi connectivity index (χ3v) is 3.87. The molecule has 102 valence electrons. The van der Waals surface area contributed by atoms with Crippen molar-refractivity contribution in [1.29, 1.82) is 0 Å². The summed E-state index contributed by atoms with van der Waals surface area (Å²) < 4.78 is 0. The molecule has 0 saturated carbocycles. The number of carbonyl (C=O) groups excluding carboxylic acids is 1. The molecule has 1 amide bonds. The topological polar surface area (TPSA) is 40.5 Å². The molecule has 0 fully saturated rings. The standard InChI is InChI=1S/C16H21NO2/c1-12-9-10-17(11-13(12)2)16(19)8-7-14-5-3-4-6-15(14)18/h3-6,18H,7-11H2,1-2H3. The molecular formula is C16H21NO2. The fraction of sp³-hybridized carbons (Fsp3) is 0.438. The van der Waals surface area contributed by atoms with Gasteiger partial charge in [-0.05, 0) is 38.3 Å². The molecule has 2 rings (SSSR count). The van der Waals surface area contributed by atoms with Gasteiger partial charge in [-0.25, -0.2) is 0 Å². The highest BCUT2D eigenvalue weighted by Gasteiger charge is 2.18. The summed E-state index contributed by atoms with van der Waals surface area (Å²) in [5.41, 5.74) is 3.56. The Morgan fingerprint density at radius 3 is 2.68 bits per heavy atom. The average molecular weight is 259 g/mol. The minimum atomic E-state index is 0.176. The number of nitrogens with zero attached hydrogens (tertiary/aromatic N) is 1. The Morgan fingerprint density at radius 1 is 1.26 bits per heavy atom. The number of hydrogen-bond donors (Lipinski definition) is 1. The molecule has 3 nitrogen and oxygen atoms in total. The first kappa shape index (κ1) is 13.7. The first-order chi connectivity index (χ1) is 9.08. The van der Waals surface area contributed by atoms with Crippen LogP contribution in [0.1, 0.15) is 32.3 Å². The lowest BCUT2D eigenvalue weighted by molar-refractivity contribution is -0.131. The number of aromatic hydroxyl groups is 1. The maximum atomic E-state index is 12.2. The third-order valence-electron chi connectivity index (χ3n) is 3.87. The van der Waals surface area contributed by atoms with Gasteiger partial charge in [0, 0.05) is 19.5 Å².